The summed E-state index contributed by atoms with van der Waals surface area (Å²) in [4.78, 5) is 37.9. The maximum absolute atomic E-state index is 12.7. The number of ether oxygens (including phenoxy) is 3. The van der Waals surface area contributed by atoms with Gasteiger partial charge in [0, 0.05) is 19.3 Å². The van der Waals surface area contributed by atoms with Crippen LogP contribution in [0.4, 0.5) is 0 Å². The molecule has 0 fully saturated rings. The molecule has 0 aromatic rings. The molecule has 1 unspecified atom stereocenters. The van der Waals surface area contributed by atoms with Gasteiger partial charge in [-0.15, -0.1) is 0 Å². The van der Waals surface area contributed by atoms with E-state index in [0.717, 1.165) is 69.6 Å². The fourth-order valence-electron chi connectivity index (χ4n) is 7.60. The van der Waals surface area contributed by atoms with E-state index < -0.39 is 6.10 Å². The predicted octanol–water partition coefficient (Wildman–Crippen LogP) is 16.1. The van der Waals surface area contributed by atoms with E-state index in [1.54, 1.807) is 0 Å². The van der Waals surface area contributed by atoms with Crippen LogP contribution >= 0.6 is 0 Å². The third kappa shape index (κ3) is 43.8. The molecule has 0 spiro atoms. The molecule has 0 aliphatic heterocycles. The highest BCUT2D eigenvalue weighted by Crippen LogP contribution is 2.18. The minimum Gasteiger partial charge on any atom is -0.462 e. The summed E-state index contributed by atoms with van der Waals surface area (Å²) in [6.45, 7) is 11.4. The molecule has 0 N–H and O–H groups in total. The lowest BCUT2D eigenvalue weighted by atomic mass is 9.99. The second-order valence-electron chi connectivity index (χ2n) is 18.2. The molecule has 0 amide bonds. The molecule has 6 nitrogen and oxygen atoms in total. The van der Waals surface area contributed by atoms with Crippen LogP contribution in [0.1, 0.15) is 279 Å². The molecular formula is C51H98O6. The van der Waals surface area contributed by atoms with Crippen molar-refractivity contribution in [2.45, 2.75) is 285 Å². The van der Waals surface area contributed by atoms with Crippen LogP contribution in [0.5, 0.6) is 0 Å². The lowest BCUT2D eigenvalue weighted by molar-refractivity contribution is -0.167. The smallest absolute Gasteiger partial charge is 0.306 e. The van der Waals surface area contributed by atoms with E-state index in [4.69, 9.17) is 14.2 Å². The van der Waals surface area contributed by atoms with Crippen molar-refractivity contribution >= 4 is 17.9 Å². The highest BCUT2D eigenvalue weighted by Gasteiger charge is 2.19. The Bertz CT molecular complexity index is 872. The largest absolute Gasteiger partial charge is 0.462 e. The van der Waals surface area contributed by atoms with Crippen LogP contribution in [0.25, 0.3) is 0 Å². The van der Waals surface area contributed by atoms with Crippen LogP contribution in [0.3, 0.4) is 0 Å². The topological polar surface area (TPSA) is 78.9 Å². The first-order valence-electron chi connectivity index (χ1n) is 25.3. The van der Waals surface area contributed by atoms with Crippen molar-refractivity contribution in [2.75, 3.05) is 13.2 Å². The van der Waals surface area contributed by atoms with Gasteiger partial charge in [0.2, 0.25) is 0 Å². The molecule has 0 heterocycles. The SMILES string of the molecule is CCCCCCCCCCCCC(=O)O[C@@H](COC(=O)CCCCCCCCCCCCCCC(C)C)COC(=O)CCCCCCCCCCCCC(C)CC. The van der Waals surface area contributed by atoms with Crippen molar-refractivity contribution in [2.24, 2.45) is 11.8 Å². The molecule has 0 aromatic heterocycles. The van der Waals surface area contributed by atoms with Gasteiger partial charge in [-0.3, -0.25) is 14.4 Å². The second kappa shape index (κ2) is 44.0. The predicted molar refractivity (Wildman–Crippen MR) is 243 cm³/mol. The summed E-state index contributed by atoms with van der Waals surface area (Å²) in [5, 5.41) is 0. The molecular weight excluding hydrogens is 709 g/mol. The molecule has 338 valence electrons. The van der Waals surface area contributed by atoms with Gasteiger partial charge in [-0.1, -0.05) is 240 Å². The van der Waals surface area contributed by atoms with Gasteiger partial charge in [0.25, 0.3) is 0 Å². The van der Waals surface area contributed by atoms with Gasteiger partial charge in [0.05, 0.1) is 0 Å². The molecule has 6 heteroatoms. The Kier molecular flexibility index (Phi) is 42.7. The van der Waals surface area contributed by atoms with Crippen LogP contribution in [0.15, 0.2) is 0 Å². The van der Waals surface area contributed by atoms with Crippen molar-refractivity contribution in [3.8, 4) is 0 Å². The Morgan fingerprint density at radius 3 is 1.00 bits per heavy atom. The monoisotopic (exact) mass is 807 g/mol. The molecule has 0 radical (unpaired) electrons. The first-order chi connectivity index (χ1) is 27.8. The van der Waals surface area contributed by atoms with Gasteiger partial charge in [0.15, 0.2) is 6.10 Å². The van der Waals surface area contributed by atoms with Crippen molar-refractivity contribution < 1.29 is 28.6 Å². The number of hydrogen-bond acceptors (Lipinski definition) is 6. The molecule has 2 atom stereocenters. The quantitative estimate of drug-likeness (QED) is 0.0346. The Morgan fingerprint density at radius 2 is 0.667 bits per heavy atom. The van der Waals surface area contributed by atoms with E-state index in [9.17, 15) is 14.4 Å². The average Bonchev–Trinajstić information content (AvgIpc) is 3.19. The van der Waals surface area contributed by atoms with Gasteiger partial charge in [-0.2, -0.15) is 0 Å². The third-order valence-electron chi connectivity index (χ3n) is 11.8. The summed E-state index contributed by atoms with van der Waals surface area (Å²) in [5.41, 5.74) is 0. The highest BCUT2D eigenvalue weighted by atomic mass is 16.6. The first-order valence-corrected chi connectivity index (χ1v) is 25.3. The fourth-order valence-corrected chi connectivity index (χ4v) is 7.60. The number of hydrogen-bond donors (Lipinski definition) is 0. The van der Waals surface area contributed by atoms with Crippen molar-refractivity contribution in [1.82, 2.24) is 0 Å². The van der Waals surface area contributed by atoms with Gasteiger partial charge >= 0.3 is 17.9 Å². The Labute approximate surface area is 355 Å². The number of esters is 3. The van der Waals surface area contributed by atoms with Crippen LogP contribution in [-0.2, 0) is 28.6 Å². The zero-order chi connectivity index (χ0) is 41.9. The summed E-state index contributed by atoms with van der Waals surface area (Å²) in [5.74, 6) is 0.852. The Hall–Kier alpha value is -1.59. The Morgan fingerprint density at radius 1 is 0.368 bits per heavy atom. The summed E-state index contributed by atoms with van der Waals surface area (Å²) in [6, 6.07) is 0. The van der Waals surface area contributed by atoms with E-state index >= 15 is 0 Å². The first kappa shape index (κ1) is 55.4. The molecule has 0 saturated carbocycles. The van der Waals surface area contributed by atoms with Crippen LogP contribution in [0, 0.1) is 11.8 Å². The van der Waals surface area contributed by atoms with E-state index in [1.165, 1.54) is 167 Å². The Balaban J connectivity index is 4.29. The lowest BCUT2D eigenvalue weighted by Gasteiger charge is -2.18. The number of rotatable bonds is 45. The van der Waals surface area contributed by atoms with Crippen LogP contribution in [-0.4, -0.2) is 37.2 Å². The minimum atomic E-state index is -0.761. The standard InChI is InChI=1S/C51H98O6/c1-6-8-9-10-11-12-21-28-33-38-43-51(54)57-48(45-56-50(53)42-37-32-27-23-18-17-20-25-30-35-40-47(5)7-2)44-55-49(52)41-36-31-26-22-16-14-13-15-19-24-29-34-39-46(3)4/h46-48H,6-45H2,1-5H3/t47?,48-/m0/s1. The molecule has 0 aliphatic carbocycles. The molecule has 0 rings (SSSR count). The number of unbranched alkanes of at least 4 members (excludes halogenated alkanes) is 29. The van der Waals surface area contributed by atoms with Crippen LogP contribution < -0.4 is 0 Å². The van der Waals surface area contributed by atoms with E-state index in [2.05, 4.69) is 34.6 Å². The van der Waals surface area contributed by atoms with Crippen molar-refractivity contribution in [1.29, 1.82) is 0 Å². The molecule has 0 saturated heterocycles. The maximum Gasteiger partial charge on any atom is 0.306 e. The summed E-state index contributed by atoms with van der Waals surface area (Å²) in [6.07, 6.45) is 43.6. The number of carbonyl (C=O) groups is 3. The van der Waals surface area contributed by atoms with Gasteiger partial charge in [-0.05, 0) is 31.1 Å². The second-order valence-corrected chi connectivity index (χ2v) is 18.2. The van der Waals surface area contributed by atoms with Gasteiger partial charge in [-0.25, -0.2) is 0 Å². The average molecular weight is 807 g/mol. The summed E-state index contributed by atoms with van der Waals surface area (Å²) >= 11 is 0. The fraction of sp³-hybridized carbons (Fsp3) is 0.941. The molecule has 57 heavy (non-hydrogen) atoms. The normalized spacial score (nSPS) is 12.5. The molecule has 0 aliphatic rings. The molecule has 0 aromatic carbocycles. The van der Waals surface area contributed by atoms with Crippen molar-refractivity contribution in [3.63, 3.8) is 0 Å². The van der Waals surface area contributed by atoms with E-state index in [-0.39, 0.29) is 31.1 Å². The van der Waals surface area contributed by atoms with Crippen molar-refractivity contribution in [3.05, 3.63) is 0 Å². The van der Waals surface area contributed by atoms with E-state index in [0.29, 0.717) is 19.3 Å². The summed E-state index contributed by atoms with van der Waals surface area (Å²) < 4.78 is 16.8. The van der Waals surface area contributed by atoms with Gasteiger partial charge in [0.1, 0.15) is 13.2 Å². The number of carbonyl (C=O) groups excluding carboxylic acids is 3. The van der Waals surface area contributed by atoms with E-state index in [1.807, 2.05) is 0 Å². The van der Waals surface area contributed by atoms with Crippen LogP contribution in [0.2, 0.25) is 0 Å². The lowest BCUT2D eigenvalue weighted by Crippen LogP contribution is -2.30. The molecule has 0 bridgehead atoms. The highest BCUT2D eigenvalue weighted by molar-refractivity contribution is 5.71. The van der Waals surface area contributed by atoms with Gasteiger partial charge < -0.3 is 14.2 Å². The zero-order valence-electron chi connectivity index (χ0n) is 39.0. The minimum absolute atomic E-state index is 0.0640. The maximum atomic E-state index is 12.7. The summed E-state index contributed by atoms with van der Waals surface area (Å²) in [7, 11) is 0. The zero-order valence-corrected chi connectivity index (χ0v) is 39.0. The third-order valence-corrected chi connectivity index (χ3v) is 11.8.